The Morgan fingerprint density at radius 2 is 1.55 bits per heavy atom. The zero-order chi connectivity index (χ0) is 17.3. The molecule has 0 saturated carbocycles. The van der Waals surface area contributed by atoms with Crippen LogP contribution >= 0.6 is 11.8 Å². The van der Waals surface area contributed by atoms with E-state index in [0.29, 0.717) is 10.5 Å². The molecule has 1 aromatic rings. The fourth-order valence-electron chi connectivity index (χ4n) is 2.11. The highest BCUT2D eigenvalue weighted by Crippen LogP contribution is 2.48. The Labute approximate surface area is 136 Å². The fourth-order valence-corrected chi connectivity index (χ4v) is 3.24. The van der Waals surface area contributed by atoms with Gasteiger partial charge < -0.3 is 14.9 Å². The van der Waals surface area contributed by atoms with E-state index in [0.717, 1.165) is 5.56 Å². The minimum atomic E-state index is -0.372. The van der Waals surface area contributed by atoms with Crippen molar-refractivity contribution >= 4 is 17.7 Å². The minimum Gasteiger partial charge on any atom is -0.504 e. The molecule has 0 aromatic heterocycles. The van der Waals surface area contributed by atoms with Gasteiger partial charge in [-0.05, 0) is 22.5 Å². The normalized spacial score (nSPS) is 12.3. The van der Waals surface area contributed by atoms with E-state index in [1.807, 2.05) is 47.6 Å². The number of phenolic OH excluding ortho intramolecular Hbond substituents is 2. The van der Waals surface area contributed by atoms with Gasteiger partial charge in [0.05, 0.1) is 17.8 Å². The van der Waals surface area contributed by atoms with Gasteiger partial charge in [0, 0.05) is 5.56 Å². The smallest absolute Gasteiger partial charge is 0.315 e. The van der Waals surface area contributed by atoms with Crippen LogP contribution in [0.25, 0.3) is 0 Å². The summed E-state index contributed by atoms with van der Waals surface area (Å²) in [7, 11) is 1.33. The van der Waals surface area contributed by atoms with Gasteiger partial charge in [0.25, 0.3) is 0 Å². The first-order chi connectivity index (χ1) is 9.89. The van der Waals surface area contributed by atoms with Crippen molar-refractivity contribution in [3.8, 4) is 11.5 Å². The average Bonchev–Trinajstić information content (AvgIpc) is 2.36. The van der Waals surface area contributed by atoms with Gasteiger partial charge in [-0.2, -0.15) is 0 Å². The van der Waals surface area contributed by atoms with Crippen LogP contribution in [0.2, 0.25) is 0 Å². The molecule has 124 valence electrons. The molecule has 1 rings (SSSR count). The molecule has 0 spiro atoms. The molecule has 2 N–H and O–H groups in total. The number of ether oxygens (including phenoxy) is 1. The summed E-state index contributed by atoms with van der Waals surface area (Å²) >= 11 is 1.18. The number of hydrogen-bond acceptors (Lipinski definition) is 5. The molecule has 0 heterocycles. The summed E-state index contributed by atoms with van der Waals surface area (Å²) in [5.74, 6) is -0.565. The maximum absolute atomic E-state index is 11.4. The largest absolute Gasteiger partial charge is 0.504 e. The predicted octanol–water partition coefficient (Wildman–Crippen LogP) is 3.96. The number of carbonyl (C=O) groups is 1. The lowest BCUT2D eigenvalue weighted by Gasteiger charge is -2.29. The van der Waals surface area contributed by atoms with Gasteiger partial charge >= 0.3 is 5.97 Å². The Kier molecular flexibility index (Phi) is 5.44. The summed E-state index contributed by atoms with van der Waals surface area (Å²) in [6.07, 6.45) is 0. The standard InChI is InChI=1S/C17H26O4S/c1-16(2,3)10-8-11(17(4,5)6)15(14(20)13(10)19)22-9-12(18)21-7/h8,19-20H,9H2,1-7H3. The molecule has 0 aliphatic rings. The lowest BCUT2D eigenvalue weighted by molar-refractivity contribution is -0.137. The van der Waals surface area contributed by atoms with Gasteiger partial charge in [-0.1, -0.05) is 41.5 Å². The van der Waals surface area contributed by atoms with Crippen LogP contribution in [0.4, 0.5) is 0 Å². The Balaban J connectivity index is 3.48. The molecular weight excluding hydrogens is 300 g/mol. The van der Waals surface area contributed by atoms with E-state index in [1.54, 1.807) is 0 Å². The third kappa shape index (κ3) is 4.09. The SMILES string of the molecule is COC(=O)CSc1c(C(C)(C)C)cc(C(C)(C)C)c(O)c1O. The molecule has 22 heavy (non-hydrogen) atoms. The second kappa shape index (κ2) is 6.41. The van der Waals surface area contributed by atoms with Gasteiger partial charge in [0.15, 0.2) is 11.5 Å². The topological polar surface area (TPSA) is 66.8 Å². The van der Waals surface area contributed by atoms with E-state index in [9.17, 15) is 15.0 Å². The van der Waals surface area contributed by atoms with Gasteiger partial charge in [0.1, 0.15) is 0 Å². The second-order valence-electron chi connectivity index (χ2n) is 7.36. The van der Waals surface area contributed by atoms with E-state index in [2.05, 4.69) is 4.74 Å². The van der Waals surface area contributed by atoms with E-state index in [-0.39, 0.29) is 34.1 Å². The molecule has 0 unspecified atom stereocenters. The van der Waals surface area contributed by atoms with Crippen molar-refractivity contribution < 1.29 is 19.7 Å². The van der Waals surface area contributed by atoms with Crippen molar-refractivity contribution in [3.63, 3.8) is 0 Å². The molecule has 0 fully saturated rings. The maximum Gasteiger partial charge on any atom is 0.315 e. The summed E-state index contributed by atoms with van der Waals surface area (Å²) in [6.45, 7) is 12.0. The molecule has 0 atom stereocenters. The van der Waals surface area contributed by atoms with Crippen LogP contribution in [-0.4, -0.2) is 29.0 Å². The first kappa shape index (κ1) is 18.7. The average molecular weight is 326 g/mol. The molecule has 4 nitrogen and oxygen atoms in total. The van der Waals surface area contributed by atoms with Gasteiger partial charge in [-0.15, -0.1) is 11.8 Å². The third-order valence-electron chi connectivity index (χ3n) is 3.41. The molecule has 0 radical (unpaired) electrons. The molecule has 0 saturated heterocycles. The molecular formula is C17H26O4S. The number of thioether (sulfide) groups is 1. The third-order valence-corrected chi connectivity index (χ3v) is 4.49. The maximum atomic E-state index is 11.4. The van der Waals surface area contributed by atoms with Gasteiger partial charge in [-0.25, -0.2) is 0 Å². The molecule has 1 aromatic carbocycles. The van der Waals surface area contributed by atoms with Gasteiger partial charge in [0.2, 0.25) is 0 Å². The Morgan fingerprint density at radius 1 is 1.05 bits per heavy atom. The summed E-state index contributed by atoms with van der Waals surface area (Å²) in [5, 5.41) is 20.8. The Bertz CT molecular complexity index is 565. The summed E-state index contributed by atoms with van der Waals surface area (Å²) in [6, 6.07) is 1.93. The van der Waals surface area contributed by atoms with Crippen molar-refractivity contribution in [3.05, 3.63) is 17.2 Å². The van der Waals surface area contributed by atoms with Crippen molar-refractivity contribution in [1.82, 2.24) is 0 Å². The first-order valence-electron chi connectivity index (χ1n) is 7.19. The zero-order valence-corrected chi connectivity index (χ0v) is 15.2. The summed E-state index contributed by atoms with van der Waals surface area (Å²) in [5.41, 5.74) is 1.07. The number of rotatable bonds is 3. The predicted molar refractivity (Wildman–Crippen MR) is 89.9 cm³/mol. The van der Waals surface area contributed by atoms with Crippen LogP contribution in [-0.2, 0) is 20.4 Å². The van der Waals surface area contributed by atoms with Crippen LogP contribution in [0.1, 0.15) is 52.7 Å². The highest BCUT2D eigenvalue weighted by atomic mass is 32.2. The van der Waals surface area contributed by atoms with Crippen LogP contribution in [0.3, 0.4) is 0 Å². The summed E-state index contributed by atoms with van der Waals surface area (Å²) < 4.78 is 4.64. The Hall–Kier alpha value is -1.36. The number of methoxy groups -OCH3 is 1. The minimum absolute atomic E-state index is 0.0848. The van der Waals surface area contributed by atoms with E-state index in [4.69, 9.17) is 0 Å². The first-order valence-corrected chi connectivity index (χ1v) is 8.17. The van der Waals surface area contributed by atoms with Crippen LogP contribution in [0.5, 0.6) is 11.5 Å². The highest BCUT2D eigenvalue weighted by molar-refractivity contribution is 8.00. The molecule has 0 bridgehead atoms. The van der Waals surface area contributed by atoms with Crippen molar-refractivity contribution in [1.29, 1.82) is 0 Å². The zero-order valence-electron chi connectivity index (χ0n) is 14.4. The van der Waals surface area contributed by atoms with Crippen LogP contribution in [0.15, 0.2) is 11.0 Å². The van der Waals surface area contributed by atoms with Crippen LogP contribution in [0, 0.1) is 0 Å². The van der Waals surface area contributed by atoms with Crippen molar-refractivity contribution in [2.24, 2.45) is 0 Å². The lowest BCUT2D eigenvalue weighted by Crippen LogP contribution is -2.18. The van der Waals surface area contributed by atoms with E-state index >= 15 is 0 Å². The second-order valence-corrected chi connectivity index (χ2v) is 8.35. The molecule has 0 aliphatic carbocycles. The van der Waals surface area contributed by atoms with Crippen molar-refractivity contribution in [2.75, 3.05) is 12.9 Å². The number of aromatic hydroxyl groups is 2. The number of phenols is 2. The highest BCUT2D eigenvalue weighted by Gasteiger charge is 2.29. The Morgan fingerprint density at radius 3 is 1.95 bits per heavy atom. The van der Waals surface area contributed by atoms with Crippen LogP contribution < -0.4 is 0 Å². The number of esters is 1. The monoisotopic (exact) mass is 326 g/mol. The molecule has 5 heteroatoms. The number of hydrogen-bond donors (Lipinski definition) is 2. The molecule has 0 aliphatic heterocycles. The van der Waals surface area contributed by atoms with Gasteiger partial charge in [-0.3, -0.25) is 4.79 Å². The fraction of sp³-hybridized carbons (Fsp3) is 0.588. The van der Waals surface area contributed by atoms with Crippen molar-refractivity contribution in [2.45, 2.75) is 57.3 Å². The lowest BCUT2D eigenvalue weighted by atomic mass is 9.80. The summed E-state index contributed by atoms with van der Waals surface area (Å²) in [4.78, 5) is 11.9. The van der Waals surface area contributed by atoms with E-state index in [1.165, 1.54) is 18.9 Å². The molecule has 0 amide bonds. The quantitative estimate of drug-likeness (QED) is 0.500. The van der Waals surface area contributed by atoms with E-state index < -0.39 is 0 Å². The number of carbonyl (C=O) groups excluding carboxylic acids is 1. The number of benzene rings is 1.